The van der Waals surface area contributed by atoms with Crippen molar-refractivity contribution in [3.63, 3.8) is 0 Å². The molecule has 0 saturated carbocycles. The molecule has 2 amide bonds. The minimum absolute atomic E-state index is 0. The Morgan fingerprint density at radius 1 is 1.45 bits per heavy atom. The van der Waals surface area contributed by atoms with E-state index in [4.69, 9.17) is 17.3 Å². The van der Waals surface area contributed by atoms with Crippen LogP contribution in [0.2, 0.25) is 5.02 Å². The van der Waals surface area contributed by atoms with Crippen LogP contribution in [0.1, 0.15) is 24.9 Å². The van der Waals surface area contributed by atoms with Gasteiger partial charge in [0.15, 0.2) is 0 Å². The fraction of sp³-hybridized carbons (Fsp3) is 0.467. The minimum Gasteiger partial charge on any atom is -0.370 e. The largest absolute Gasteiger partial charge is 0.370 e. The predicted octanol–water partition coefficient (Wildman–Crippen LogP) is 1.65. The van der Waals surface area contributed by atoms with Gasteiger partial charge in [0, 0.05) is 10.9 Å². The van der Waals surface area contributed by atoms with Gasteiger partial charge in [-0.2, -0.15) is 0 Å². The maximum Gasteiger partial charge on any atom is 0.223 e. The summed E-state index contributed by atoms with van der Waals surface area (Å²) in [5.41, 5.74) is 6.07. The second kappa shape index (κ2) is 8.36. The van der Waals surface area contributed by atoms with E-state index in [0.29, 0.717) is 10.9 Å². The lowest BCUT2D eigenvalue weighted by atomic mass is 9.88. The smallest absolute Gasteiger partial charge is 0.223 e. The summed E-state index contributed by atoms with van der Waals surface area (Å²) in [5, 5.41) is 6.63. The Labute approximate surface area is 141 Å². The van der Waals surface area contributed by atoms with Gasteiger partial charge in [-0.3, -0.25) is 9.59 Å². The third kappa shape index (κ3) is 4.87. The number of nitrogens with one attached hydrogen (secondary N) is 2. The third-order valence-corrected chi connectivity index (χ3v) is 4.14. The summed E-state index contributed by atoms with van der Waals surface area (Å²) in [7, 11) is 0. The highest BCUT2D eigenvalue weighted by Gasteiger charge is 2.30. The van der Waals surface area contributed by atoms with Crippen molar-refractivity contribution in [3.05, 3.63) is 34.9 Å². The zero-order chi connectivity index (χ0) is 15.4. The Morgan fingerprint density at radius 2 is 2.14 bits per heavy atom. The molecule has 1 unspecified atom stereocenters. The quantitative estimate of drug-likeness (QED) is 0.732. The van der Waals surface area contributed by atoms with Crippen LogP contribution in [0.15, 0.2) is 24.3 Å². The van der Waals surface area contributed by atoms with Crippen LogP contribution in [0.5, 0.6) is 0 Å². The maximum atomic E-state index is 12.3. The molecule has 1 aliphatic heterocycles. The highest BCUT2D eigenvalue weighted by Crippen LogP contribution is 2.22. The van der Waals surface area contributed by atoms with Crippen molar-refractivity contribution < 1.29 is 9.59 Å². The molecule has 5 nitrogen and oxygen atoms in total. The number of nitrogens with two attached hydrogens (primary N) is 1. The number of hydrogen-bond acceptors (Lipinski definition) is 3. The van der Waals surface area contributed by atoms with Crippen LogP contribution in [-0.4, -0.2) is 24.9 Å². The Kier molecular flexibility index (Phi) is 7.13. The number of carbonyl (C=O) groups excluding carboxylic acids is 2. The molecule has 0 spiro atoms. The fourth-order valence-corrected chi connectivity index (χ4v) is 2.56. The zero-order valence-electron chi connectivity index (χ0n) is 12.3. The first kappa shape index (κ1) is 18.7. The van der Waals surface area contributed by atoms with Crippen LogP contribution in [0.25, 0.3) is 0 Å². The third-order valence-electron chi connectivity index (χ3n) is 3.91. The lowest BCUT2D eigenvalue weighted by molar-refractivity contribution is -0.127. The number of rotatable bonds is 6. The molecule has 1 fully saturated rings. The summed E-state index contributed by atoms with van der Waals surface area (Å²) in [4.78, 5) is 23.6. The molecule has 1 saturated heterocycles. The second-order valence-corrected chi connectivity index (χ2v) is 5.93. The van der Waals surface area contributed by atoms with Crippen molar-refractivity contribution in [2.75, 3.05) is 13.1 Å². The molecule has 1 aliphatic rings. The molecular formula is C15H21Cl2N3O2. The van der Waals surface area contributed by atoms with Gasteiger partial charge in [0.2, 0.25) is 11.8 Å². The zero-order valence-corrected chi connectivity index (χ0v) is 13.9. The Bertz CT molecular complexity index is 535. The first-order chi connectivity index (χ1) is 9.97. The summed E-state index contributed by atoms with van der Waals surface area (Å²) in [6, 6.07) is 6.66. The number of benzene rings is 1. The van der Waals surface area contributed by atoms with Gasteiger partial charge < -0.3 is 16.4 Å². The lowest BCUT2D eigenvalue weighted by Crippen LogP contribution is -2.50. The van der Waals surface area contributed by atoms with E-state index in [0.717, 1.165) is 18.7 Å². The molecule has 0 radical (unpaired) electrons. The first-order valence-corrected chi connectivity index (χ1v) is 7.40. The van der Waals surface area contributed by atoms with Crippen molar-refractivity contribution in [1.29, 1.82) is 0 Å². The molecule has 0 aliphatic carbocycles. The number of primary amides is 1. The minimum atomic E-state index is -0.460. The molecule has 0 bridgehead atoms. The van der Waals surface area contributed by atoms with E-state index in [1.54, 1.807) is 18.2 Å². The normalized spacial score (nSPS) is 16.8. The summed E-state index contributed by atoms with van der Waals surface area (Å²) >= 11 is 5.97. The van der Waals surface area contributed by atoms with Crippen LogP contribution in [0, 0.1) is 11.8 Å². The number of hydrogen-bond donors (Lipinski definition) is 3. The molecule has 4 N–H and O–H groups in total. The molecule has 1 heterocycles. The first-order valence-electron chi connectivity index (χ1n) is 7.02. The molecule has 7 heteroatoms. The van der Waals surface area contributed by atoms with E-state index in [1.165, 1.54) is 0 Å². The van der Waals surface area contributed by atoms with Crippen LogP contribution in [0.3, 0.4) is 0 Å². The van der Waals surface area contributed by atoms with Crippen LogP contribution in [0.4, 0.5) is 0 Å². The molecule has 1 aromatic rings. The fourth-order valence-electron chi connectivity index (χ4n) is 2.36. The van der Waals surface area contributed by atoms with E-state index in [2.05, 4.69) is 10.6 Å². The molecule has 2 rings (SSSR count). The predicted molar refractivity (Wildman–Crippen MR) is 88.9 cm³/mol. The van der Waals surface area contributed by atoms with E-state index in [1.807, 2.05) is 13.0 Å². The van der Waals surface area contributed by atoms with Gasteiger partial charge >= 0.3 is 0 Å². The van der Waals surface area contributed by atoms with Crippen molar-refractivity contribution in [2.24, 2.45) is 17.6 Å². The van der Waals surface area contributed by atoms with Gasteiger partial charge in [-0.15, -0.1) is 12.4 Å². The molecule has 2 atom stereocenters. The Balaban J connectivity index is 0.00000242. The van der Waals surface area contributed by atoms with Crippen molar-refractivity contribution >= 4 is 35.8 Å². The van der Waals surface area contributed by atoms with Gasteiger partial charge in [0.1, 0.15) is 0 Å². The van der Waals surface area contributed by atoms with E-state index >= 15 is 0 Å². The highest BCUT2D eigenvalue weighted by atomic mass is 35.5. The van der Waals surface area contributed by atoms with Crippen LogP contribution in [-0.2, 0) is 9.59 Å². The SMILES string of the molecule is CC(C(=O)N[C@H](CC(N)=O)c1cccc(Cl)c1)C1CNC1.Cl. The molecule has 122 valence electrons. The number of amides is 2. The summed E-state index contributed by atoms with van der Waals surface area (Å²) in [6.45, 7) is 3.61. The molecule has 1 aromatic carbocycles. The van der Waals surface area contributed by atoms with Gasteiger partial charge in [-0.05, 0) is 36.7 Å². The van der Waals surface area contributed by atoms with Crippen molar-refractivity contribution in [3.8, 4) is 0 Å². The lowest BCUT2D eigenvalue weighted by Gasteiger charge is -2.32. The Hall–Kier alpha value is -1.30. The van der Waals surface area contributed by atoms with Gasteiger partial charge in [-0.25, -0.2) is 0 Å². The van der Waals surface area contributed by atoms with E-state index in [9.17, 15) is 9.59 Å². The average molecular weight is 346 g/mol. The second-order valence-electron chi connectivity index (χ2n) is 5.49. The topological polar surface area (TPSA) is 84.2 Å². The standard InChI is InChI=1S/C15H20ClN3O2.ClH/c1-9(11-7-18-8-11)15(21)19-13(6-14(17)20)10-3-2-4-12(16)5-10;/h2-5,9,11,13,18H,6-8H2,1H3,(H2,17,20)(H,19,21);1H/t9?,13-;/m1./s1. The summed E-state index contributed by atoms with van der Waals surface area (Å²) in [6.07, 6.45) is 0.0573. The van der Waals surface area contributed by atoms with Crippen molar-refractivity contribution in [2.45, 2.75) is 19.4 Å². The maximum absolute atomic E-state index is 12.3. The molecule has 22 heavy (non-hydrogen) atoms. The number of halogens is 2. The monoisotopic (exact) mass is 345 g/mol. The summed E-state index contributed by atoms with van der Waals surface area (Å²) in [5.74, 6) is -0.273. The molecular weight excluding hydrogens is 325 g/mol. The van der Waals surface area contributed by atoms with E-state index < -0.39 is 11.9 Å². The van der Waals surface area contributed by atoms with Gasteiger partial charge in [-0.1, -0.05) is 30.7 Å². The van der Waals surface area contributed by atoms with Crippen molar-refractivity contribution in [1.82, 2.24) is 10.6 Å². The van der Waals surface area contributed by atoms with Gasteiger partial charge in [0.05, 0.1) is 12.5 Å². The summed E-state index contributed by atoms with van der Waals surface area (Å²) < 4.78 is 0. The van der Waals surface area contributed by atoms with Gasteiger partial charge in [0.25, 0.3) is 0 Å². The highest BCUT2D eigenvalue weighted by molar-refractivity contribution is 6.30. The van der Waals surface area contributed by atoms with Crippen LogP contribution < -0.4 is 16.4 Å². The number of carbonyl (C=O) groups is 2. The average Bonchev–Trinajstić information content (AvgIpc) is 2.35. The van der Waals surface area contributed by atoms with E-state index in [-0.39, 0.29) is 30.7 Å². The van der Waals surface area contributed by atoms with Crippen LogP contribution >= 0.6 is 24.0 Å². The Morgan fingerprint density at radius 3 is 2.64 bits per heavy atom. The molecule has 0 aromatic heterocycles.